The standard InChI is InChI=1S/C33H34N6O3Si/c1-41-31-14-15-34-20-27(31)24-11-13-29-26(19-24)32(37-38(29)22-42-16-17-43(2,3)4)36-33-35-28-18-23(21-40)10-12-30(28)39(33)25-8-6-5-7-9-25/h5-15,18-21H,16-17,22H2,1-4H3,(H,35,36,37). The van der Waals surface area contributed by atoms with E-state index in [2.05, 4.69) is 36.0 Å². The summed E-state index contributed by atoms with van der Waals surface area (Å²) in [6, 6.07) is 24.6. The minimum absolute atomic E-state index is 0.329. The summed E-state index contributed by atoms with van der Waals surface area (Å²) in [4.78, 5) is 20.8. The molecule has 0 amide bonds. The van der Waals surface area contributed by atoms with Crippen molar-refractivity contribution in [3.8, 4) is 22.6 Å². The molecule has 0 atom stereocenters. The van der Waals surface area contributed by atoms with Gasteiger partial charge in [0.25, 0.3) is 0 Å². The van der Waals surface area contributed by atoms with Gasteiger partial charge < -0.3 is 14.8 Å². The van der Waals surface area contributed by atoms with E-state index in [0.717, 1.165) is 51.3 Å². The predicted octanol–water partition coefficient (Wildman–Crippen LogP) is 7.31. The highest BCUT2D eigenvalue weighted by Crippen LogP contribution is 2.35. The molecule has 0 saturated heterocycles. The number of carbonyl (C=O) groups excluding carboxylic acids is 1. The number of nitrogens with zero attached hydrogens (tertiary/aromatic N) is 5. The third kappa shape index (κ3) is 5.92. The van der Waals surface area contributed by atoms with Crippen LogP contribution in [0, 0.1) is 0 Å². The van der Waals surface area contributed by atoms with E-state index in [0.29, 0.717) is 36.2 Å². The summed E-state index contributed by atoms with van der Waals surface area (Å²) in [6.45, 7) is 8.04. The van der Waals surface area contributed by atoms with E-state index in [1.165, 1.54) is 0 Å². The van der Waals surface area contributed by atoms with Gasteiger partial charge in [-0.3, -0.25) is 14.3 Å². The second kappa shape index (κ2) is 11.8. The molecule has 0 radical (unpaired) electrons. The first-order valence-electron chi connectivity index (χ1n) is 14.2. The van der Waals surface area contributed by atoms with Gasteiger partial charge in [-0.15, -0.1) is 0 Å². The summed E-state index contributed by atoms with van der Waals surface area (Å²) < 4.78 is 15.6. The van der Waals surface area contributed by atoms with Gasteiger partial charge in [-0.1, -0.05) is 43.9 Å². The van der Waals surface area contributed by atoms with Gasteiger partial charge in [0, 0.05) is 49.3 Å². The number of aromatic nitrogens is 5. The van der Waals surface area contributed by atoms with Crippen LogP contribution in [0.4, 0.5) is 11.8 Å². The Hall–Kier alpha value is -4.80. The zero-order valence-electron chi connectivity index (χ0n) is 24.7. The summed E-state index contributed by atoms with van der Waals surface area (Å²) in [5, 5.41) is 9.39. The van der Waals surface area contributed by atoms with Crippen molar-refractivity contribution in [2.45, 2.75) is 32.4 Å². The van der Waals surface area contributed by atoms with Gasteiger partial charge in [0.2, 0.25) is 5.95 Å². The van der Waals surface area contributed by atoms with Crippen molar-refractivity contribution >= 4 is 48.1 Å². The topological polar surface area (TPSA) is 96.1 Å². The van der Waals surface area contributed by atoms with Crippen molar-refractivity contribution < 1.29 is 14.3 Å². The molecule has 3 aromatic carbocycles. The van der Waals surface area contributed by atoms with Crippen molar-refractivity contribution in [2.75, 3.05) is 19.0 Å². The molecule has 0 aliphatic carbocycles. The first-order chi connectivity index (χ1) is 20.8. The number of ether oxygens (including phenoxy) is 2. The van der Waals surface area contributed by atoms with Gasteiger partial charge >= 0.3 is 0 Å². The number of anilines is 2. The minimum atomic E-state index is -1.23. The number of methoxy groups -OCH3 is 1. The molecule has 0 bridgehead atoms. The van der Waals surface area contributed by atoms with Crippen LogP contribution in [-0.2, 0) is 11.5 Å². The Morgan fingerprint density at radius 1 is 0.977 bits per heavy atom. The second-order valence-electron chi connectivity index (χ2n) is 11.6. The van der Waals surface area contributed by atoms with Crippen LogP contribution >= 0.6 is 0 Å². The van der Waals surface area contributed by atoms with Gasteiger partial charge in [0.15, 0.2) is 5.82 Å². The second-order valence-corrected chi connectivity index (χ2v) is 17.2. The maximum atomic E-state index is 11.5. The molecule has 10 heteroatoms. The molecule has 3 aromatic heterocycles. The molecular weight excluding hydrogens is 556 g/mol. The number of hydrogen-bond donors (Lipinski definition) is 1. The number of carbonyl (C=O) groups is 1. The Balaban J connectivity index is 1.47. The summed E-state index contributed by atoms with van der Waals surface area (Å²) in [5.74, 6) is 1.96. The van der Waals surface area contributed by atoms with Crippen LogP contribution in [0.5, 0.6) is 5.75 Å². The van der Waals surface area contributed by atoms with Crippen LogP contribution in [0.15, 0.2) is 85.2 Å². The van der Waals surface area contributed by atoms with Crippen molar-refractivity contribution in [3.63, 3.8) is 0 Å². The highest BCUT2D eigenvalue weighted by atomic mass is 28.3. The number of hydrogen-bond acceptors (Lipinski definition) is 7. The van der Waals surface area contributed by atoms with Gasteiger partial charge in [-0.2, -0.15) is 5.10 Å². The van der Waals surface area contributed by atoms with E-state index in [1.54, 1.807) is 31.6 Å². The molecule has 6 aromatic rings. The lowest BCUT2D eigenvalue weighted by Crippen LogP contribution is -2.22. The number of para-hydroxylation sites is 1. The average molecular weight is 591 g/mol. The van der Waals surface area contributed by atoms with E-state index < -0.39 is 8.07 Å². The molecule has 43 heavy (non-hydrogen) atoms. The van der Waals surface area contributed by atoms with Gasteiger partial charge in [-0.25, -0.2) is 9.67 Å². The molecule has 3 heterocycles. The monoisotopic (exact) mass is 590 g/mol. The maximum absolute atomic E-state index is 11.5. The molecular formula is C33H34N6O3Si. The molecule has 1 N–H and O–H groups in total. The highest BCUT2D eigenvalue weighted by Gasteiger charge is 2.19. The molecule has 0 aliphatic heterocycles. The van der Waals surface area contributed by atoms with Gasteiger partial charge in [0.05, 0.1) is 23.7 Å². The fraction of sp³-hybridized carbons (Fsp3) is 0.212. The molecule has 0 fully saturated rings. The van der Waals surface area contributed by atoms with Gasteiger partial charge in [0.1, 0.15) is 18.8 Å². The zero-order chi connectivity index (χ0) is 30.0. The SMILES string of the molecule is COc1ccncc1-c1ccc2c(c1)c(Nc1nc3cc(C=O)ccc3n1-c1ccccc1)nn2COCC[Si](C)(C)C. The zero-order valence-corrected chi connectivity index (χ0v) is 25.7. The average Bonchev–Trinajstić information content (AvgIpc) is 3.55. The largest absolute Gasteiger partial charge is 0.496 e. The van der Waals surface area contributed by atoms with Crippen molar-refractivity contribution in [1.29, 1.82) is 0 Å². The van der Waals surface area contributed by atoms with Crippen molar-refractivity contribution in [1.82, 2.24) is 24.3 Å². The summed E-state index contributed by atoms with van der Waals surface area (Å²) >= 11 is 0. The van der Waals surface area contributed by atoms with Crippen LogP contribution in [0.25, 0.3) is 38.8 Å². The Morgan fingerprint density at radius 2 is 1.79 bits per heavy atom. The molecule has 0 saturated carbocycles. The Labute approximate surface area is 251 Å². The first kappa shape index (κ1) is 28.3. The molecule has 9 nitrogen and oxygen atoms in total. The Morgan fingerprint density at radius 3 is 2.56 bits per heavy atom. The van der Waals surface area contributed by atoms with E-state index in [9.17, 15) is 4.79 Å². The van der Waals surface area contributed by atoms with Crippen molar-refractivity contribution in [2.24, 2.45) is 0 Å². The quantitative estimate of drug-likeness (QED) is 0.0960. The van der Waals surface area contributed by atoms with Crippen LogP contribution < -0.4 is 10.1 Å². The van der Waals surface area contributed by atoms with Crippen LogP contribution in [0.3, 0.4) is 0 Å². The number of aldehydes is 1. The lowest BCUT2D eigenvalue weighted by molar-refractivity contribution is 0.0819. The lowest BCUT2D eigenvalue weighted by atomic mass is 10.0. The van der Waals surface area contributed by atoms with Crippen LogP contribution in [0.2, 0.25) is 25.7 Å². The fourth-order valence-corrected chi connectivity index (χ4v) is 5.80. The highest BCUT2D eigenvalue weighted by molar-refractivity contribution is 6.76. The molecule has 218 valence electrons. The number of imidazole rings is 1. The third-order valence-electron chi connectivity index (χ3n) is 7.33. The van der Waals surface area contributed by atoms with Crippen LogP contribution in [-0.4, -0.2) is 52.4 Å². The molecule has 0 spiro atoms. The van der Waals surface area contributed by atoms with Crippen molar-refractivity contribution in [3.05, 3.63) is 90.8 Å². The van der Waals surface area contributed by atoms with E-state index >= 15 is 0 Å². The predicted molar refractivity (Wildman–Crippen MR) is 173 cm³/mol. The lowest BCUT2D eigenvalue weighted by Gasteiger charge is -2.15. The molecule has 0 aliphatic rings. The fourth-order valence-electron chi connectivity index (χ4n) is 5.04. The number of pyridine rings is 1. The molecule has 6 rings (SSSR count). The number of fused-ring (bicyclic) bond motifs is 2. The maximum Gasteiger partial charge on any atom is 0.214 e. The minimum Gasteiger partial charge on any atom is -0.496 e. The summed E-state index contributed by atoms with van der Waals surface area (Å²) in [6.07, 6.45) is 4.35. The Kier molecular flexibility index (Phi) is 7.79. The number of rotatable bonds is 11. The summed E-state index contributed by atoms with van der Waals surface area (Å²) in [5.41, 5.74) is 5.84. The first-order valence-corrected chi connectivity index (χ1v) is 17.9. The Bertz CT molecular complexity index is 1910. The third-order valence-corrected chi connectivity index (χ3v) is 9.04. The van der Waals surface area contributed by atoms with Crippen LogP contribution in [0.1, 0.15) is 10.4 Å². The van der Waals surface area contributed by atoms with E-state index in [1.807, 2.05) is 63.8 Å². The molecule has 0 unspecified atom stereocenters. The smallest absolute Gasteiger partial charge is 0.214 e. The number of nitrogens with one attached hydrogen (secondary N) is 1. The van der Waals surface area contributed by atoms with E-state index in [4.69, 9.17) is 19.6 Å². The summed E-state index contributed by atoms with van der Waals surface area (Å²) in [7, 11) is 0.429. The van der Waals surface area contributed by atoms with E-state index in [-0.39, 0.29) is 0 Å². The van der Waals surface area contributed by atoms with Gasteiger partial charge in [-0.05, 0) is 60.1 Å². The normalized spacial score (nSPS) is 11.7. The number of benzene rings is 3.